The minimum absolute atomic E-state index is 0.144. The van der Waals surface area contributed by atoms with Crippen LogP contribution in [0.2, 0.25) is 0 Å². The van der Waals surface area contributed by atoms with Gasteiger partial charge >= 0.3 is 0 Å². The number of aliphatic hydroxyl groups is 1. The lowest BCUT2D eigenvalue weighted by Crippen LogP contribution is -2.18. The molecular weight excluding hydrogens is 242 g/mol. The van der Waals surface area contributed by atoms with E-state index in [0.717, 1.165) is 18.0 Å². The molecule has 2 nitrogen and oxygen atoms in total. The van der Waals surface area contributed by atoms with Crippen molar-refractivity contribution in [3.8, 4) is 11.8 Å². The molecule has 0 saturated heterocycles. The number of nitrogens with zero attached hydrogens (tertiary/aromatic N) is 1. The molecule has 0 spiro atoms. The molecule has 1 aromatic heterocycles. The van der Waals surface area contributed by atoms with Crippen LogP contribution in [0, 0.1) is 11.8 Å². The molecule has 0 saturated carbocycles. The summed E-state index contributed by atoms with van der Waals surface area (Å²) >= 11 is 1.75. The average molecular weight is 265 g/mol. The molecule has 1 N–H and O–H groups in total. The van der Waals surface area contributed by atoms with Gasteiger partial charge in [-0.25, -0.2) is 0 Å². The van der Waals surface area contributed by atoms with Crippen molar-refractivity contribution in [3.05, 3.63) is 21.9 Å². The summed E-state index contributed by atoms with van der Waals surface area (Å²) in [4.78, 5) is 4.83. The summed E-state index contributed by atoms with van der Waals surface area (Å²) in [7, 11) is 2.17. The van der Waals surface area contributed by atoms with Gasteiger partial charge in [0.1, 0.15) is 0 Å². The molecule has 3 heteroatoms. The monoisotopic (exact) mass is 265 g/mol. The van der Waals surface area contributed by atoms with Crippen molar-refractivity contribution in [3.63, 3.8) is 0 Å². The Labute approximate surface area is 115 Å². The molecule has 0 fully saturated rings. The molecule has 0 amide bonds. The first-order chi connectivity index (χ1) is 8.76. The maximum Gasteiger partial charge on any atom is 0.0771 e. The molecule has 0 unspecified atom stereocenters. The van der Waals surface area contributed by atoms with Gasteiger partial charge in [0.25, 0.3) is 0 Å². The second-order valence-corrected chi connectivity index (χ2v) is 5.65. The molecule has 100 valence electrons. The van der Waals surface area contributed by atoms with E-state index in [1.807, 2.05) is 0 Å². The maximum absolute atomic E-state index is 8.67. The van der Waals surface area contributed by atoms with Gasteiger partial charge in [-0.1, -0.05) is 31.6 Å². The van der Waals surface area contributed by atoms with E-state index >= 15 is 0 Å². The zero-order chi connectivity index (χ0) is 13.2. The van der Waals surface area contributed by atoms with Gasteiger partial charge < -0.3 is 10.0 Å². The molecule has 0 aliphatic heterocycles. The van der Waals surface area contributed by atoms with E-state index in [1.54, 1.807) is 11.3 Å². The highest BCUT2D eigenvalue weighted by Crippen LogP contribution is 2.17. The van der Waals surface area contributed by atoms with Crippen LogP contribution in [0.1, 0.15) is 42.4 Å². The Bertz CT molecular complexity index is 389. The fourth-order valence-electron chi connectivity index (χ4n) is 1.71. The molecule has 1 heterocycles. The minimum atomic E-state index is 0.144. The zero-order valence-corrected chi connectivity index (χ0v) is 12.2. The molecule has 1 rings (SSSR count). The van der Waals surface area contributed by atoms with E-state index in [0.29, 0.717) is 6.42 Å². The zero-order valence-electron chi connectivity index (χ0n) is 11.4. The van der Waals surface area contributed by atoms with Crippen molar-refractivity contribution in [1.29, 1.82) is 0 Å². The summed E-state index contributed by atoms with van der Waals surface area (Å²) in [5.41, 5.74) is 0. The van der Waals surface area contributed by atoms with E-state index in [9.17, 15) is 0 Å². The van der Waals surface area contributed by atoms with Crippen molar-refractivity contribution in [2.24, 2.45) is 0 Å². The normalized spacial score (nSPS) is 10.4. The summed E-state index contributed by atoms with van der Waals surface area (Å²) in [6.45, 7) is 4.55. The molecular formula is C15H23NOS. The van der Waals surface area contributed by atoms with Crippen molar-refractivity contribution >= 4 is 11.3 Å². The molecule has 0 aromatic carbocycles. The second-order valence-electron chi connectivity index (χ2n) is 4.49. The largest absolute Gasteiger partial charge is 0.395 e. The number of thiophene rings is 1. The number of rotatable bonds is 7. The van der Waals surface area contributed by atoms with Crippen LogP contribution in [0.4, 0.5) is 0 Å². The quantitative estimate of drug-likeness (QED) is 0.605. The molecule has 0 radical (unpaired) electrons. The molecule has 0 aliphatic rings. The highest BCUT2D eigenvalue weighted by molar-refractivity contribution is 7.12. The van der Waals surface area contributed by atoms with Crippen molar-refractivity contribution in [2.45, 2.75) is 39.2 Å². The van der Waals surface area contributed by atoms with E-state index in [1.165, 1.54) is 24.1 Å². The number of hydrogen-bond donors (Lipinski definition) is 1. The SMILES string of the molecule is CCCCCN(C)Cc1ccc(C#CCCO)s1. The van der Waals surface area contributed by atoms with Gasteiger partial charge in [-0.2, -0.15) is 0 Å². The van der Waals surface area contributed by atoms with E-state index in [4.69, 9.17) is 5.11 Å². The first-order valence-corrected chi connectivity index (χ1v) is 7.45. The Morgan fingerprint density at radius 2 is 2.17 bits per heavy atom. The molecule has 0 bridgehead atoms. The van der Waals surface area contributed by atoms with Crippen molar-refractivity contribution in [1.82, 2.24) is 4.90 Å². The third kappa shape index (κ3) is 6.20. The Morgan fingerprint density at radius 1 is 1.33 bits per heavy atom. The van der Waals surface area contributed by atoms with Crippen LogP contribution < -0.4 is 0 Å². The summed E-state index contributed by atoms with van der Waals surface area (Å²) in [5, 5.41) is 8.67. The van der Waals surface area contributed by atoms with Gasteiger partial charge in [-0.05, 0) is 32.1 Å². The van der Waals surface area contributed by atoms with Crippen LogP contribution in [0.5, 0.6) is 0 Å². The fourth-order valence-corrected chi connectivity index (χ4v) is 2.68. The van der Waals surface area contributed by atoms with Gasteiger partial charge in [0.05, 0.1) is 11.5 Å². The van der Waals surface area contributed by atoms with Gasteiger partial charge in [0.15, 0.2) is 0 Å². The topological polar surface area (TPSA) is 23.5 Å². The van der Waals surface area contributed by atoms with Gasteiger partial charge in [0, 0.05) is 17.8 Å². The number of unbranched alkanes of at least 4 members (excludes halogenated alkanes) is 2. The lowest BCUT2D eigenvalue weighted by molar-refractivity contribution is 0.305. The lowest BCUT2D eigenvalue weighted by atomic mass is 10.2. The summed E-state index contributed by atoms with van der Waals surface area (Å²) in [6, 6.07) is 4.23. The molecule has 0 atom stereocenters. The minimum Gasteiger partial charge on any atom is -0.395 e. The van der Waals surface area contributed by atoms with Crippen LogP contribution in [0.3, 0.4) is 0 Å². The Morgan fingerprint density at radius 3 is 2.89 bits per heavy atom. The smallest absolute Gasteiger partial charge is 0.0771 e. The summed E-state index contributed by atoms with van der Waals surface area (Å²) in [5.74, 6) is 6.04. The van der Waals surface area contributed by atoms with E-state index in [2.05, 4.69) is 42.8 Å². The molecule has 1 aromatic rings. The van der Waals surface area contributed by atoms with E-state index < -0.39 is 0 Å². The summed E-state index contributed by atoms with van der Waals surface area (Å²) < 4.78 is 0. The number of hydrogen-bond acceptors (Lipinski definition) is 3. The van der Waals surface area contributed by atoms with E-state index in [-0.39, 0.29) is 6.61 Å². The standard InChI is InChI=1S/C15H23NOS/c1-3-4-6-11-16(2)13-15-10-9-14(18-15)8-5-7-12-17/h9-10,17H,3-4,6-7,11-13H2,1-2H3. The first-order valence-electron chi connectivity index (χ1n) is 6.63. The average Bonchev–Trinajstić information content (AvgIpc) is 2.77. The lowest BCUT2D eigenvalue weighted by Gasteiger charge is -2.14. The van der Waals surface area contributed by atoms with Crippen LogP contribution in [-0.4, -0.2) is 30.2 Å². The molecule has 18 heavy (non-hydrogen) atoms. The van der Waals surface area contributed by atoms with Crippen LogP contribution in [0.25, 0.3) is 0 Å². The Hall–Kier alpha value is -0.820. The van der Waals surface area contributed by atoms with Crippen LogP contribution >= 0.6 is 11.3 Å². The third-order valence-electron chi connectivity index (χ3n) is 2.68. The van der Waals surface area contributed by atoms with Gasteiger partial charge in [-0.3, -0.25) is 0 Å². The number of aliphatic hydroxyl groups excluding tert-OH is 1. The van der Waals surface area contributed by atoms with Crippen LogP contribution in [-0.2, 0) is 6.54 Å². The second kappa shape index (κ2) is 9.16. The highest BCUT2D eigenvalue weighted by Gasteiger charge is 2.02. The van der Waals surface area contributed by atoms with Crippen molar-refractivity contribution in [2.75, 3.05) is 20.2 Å². The van der Waals surface area contributed by atoms with Gasteiger partial charge in [0.2, 0.25) is 0 Å². The Balaban J connectivity index is 2.37. The third-order valence-corrected chi connectivity index (χ3v) is 3.66. The maximum atomic E-state index is 8.67. The van der Waals surface area contributed by atoms with Crippen LogP contribution in [0.15, 0.2) is 12.1 Å². The predicted molar refractivity (Wildman–Crippen MR) is 78.8 cm³/mol. The van der Waals surface area contributed by atoms with Gasteiger partial charge in [-0.15, -0.1) is 11.3 Å². The predicted octanol–water partition coefficient (Wildman–Crippen LogP) is 3.10. The molecule has 0 aliphatic carbocycles. The Kier molecular flexibility index (Phi) is 7.75. The first kappa shape index (κ1) is 15.2. The summed E-state index contributed by atoms with van der Waals surface area (Å²) in [6.07, 6.45) is 4.43. The fraction of sp³-hybridized carbons (Fsp3) is 0.600. The highest BCUT2D eigenvalue weighted by atomic mass is 32.1. The van der Waals surface area contributed by atoms with Crippen molar-refractivity contribution < 1.29 is 5.11 Å².